The van der Waals surface area contributed by atoms with E-state index in [4.69, 9.17) is 0 Å². The summed E-state index contributed by atoms with van der Waals surface area (Å²) in [5.41, 5.74) is -1.38. The quantitative estimate of drug-likeness (QED) is 0.781. The molecule has 0 radical (unpaired) electrons. The molecule has 1 saturated heterocycles. The Kier molecular flexibility index (Phi) is 2.53. The summed E-state index contributed by atoms with van der Waals surface area (Å²) in [5, 5.41) is 20.1. The fourth-order valence-corrected chi connectivity index (χ4v) is 6.69. The fraction of sp³-hybridized carbons (Fsp3) is 0.833. The van der Waals surface area contributed by atoms with Crippen LogP contribution in [0.1, 0.15) is 51.4 Å². The zero-order valence-corrected chi connectivity index (χ0v) is 13.2. The molecular weight excluding hydrogens is 292 g/mol. The Bertz CT molecular complexity index is 637. The van der Waals surface area contributed by atoms with Gasteiger partial charge in [0.25, 0.3) is 5.91 Å². The fourth-order valence-electron chi connectivity index (χ4n) is 6.69. The Morgan fingerprint density at radius 1 is 1.09 bits per heavy atom. The number of aliphatic hydroxyl groups is 1. The molecule has 6 fully saturated rings. The highest BCUT2D eigenvalue weighted by molar-refractivity contribution is 6.38. The van der Waals surface area contributed by atoms with E-state index in [1.54, 1.807) is 4.90 Å². The lowest BCUT2D eigenvalue weighted by atomic mass is 9.47. The molecule has 23 heavy (non-hydrogen) atoms. The van der Waals surface area contributed by atoms with Crippen LogP contribution in [-0.4, -0.2) is 39.4 Å². The number of fused-ring (bicyclic) bond motifs is 1. The van der Waals surface area contributed by atoms with Gasteiger partial charge in [-0.25, -0.2) is 0 Å². The van der Waals surface area contributed by atoms with E-state index in [0.717, 1.165) is 44.9 Å². The van der Waals surface area contributed by atoms with Crippen LogP contribution in [-0.2, 0) is 9.59 Å². The number of piperidine rings is 1. The minimum atomic E-state index is -0.734. The topological polar surface area (TPSA) is 81.4 Å². The van der Waals surface area contributed by atoms with Crippen LogP contribution in [0.2, 0.25) is 0 Å². The Morgan fingerprint density at radius 2 is 1.78 bits per heavy atom. The highest BCUT2D eigenvalue weighted by Crippen LogP contribution is 2.62. The monoisotopic (exact) mass is 314 g/mol. The Balaban J connectivity index is 1.44. The molecule has 0 aromatic rings. The zero-order chi connectivity index (χ0) is 16.0. The SMILES string of the molecule is N#C[C@@H]1C[C@@H]2C[C@@H]2N1C(=O)C(=O)C12C[C@@H]3C[C@@H](CC(O)(C3)C1)C2. The zero-order valence-electron chi connectivity index (χ0n) is 13.2. The van der Waals surface area contributed by atoms with Crippen LogP contribution in [0.3, 0.4) is 0 Å². The van der Waals surface area contributed by atoms with Crippen molar-refractivity contribution in [2.45, 2.75) is 69.1 Å². The molecule has 2 unspecified atom stereocenters. The number of hydrogen-bond donors (Lipinski definition) is 1. The lowest BCUT2D eigenvalue weighted by Crippen LogP contribution is -2.60. The molecule has 1 aliphatic heterocycles. The van der Waals surface area contributed by atoms with Gasteiger partial charge in [0.05, 0.1) is 11.7 Å². The number of Topliss-reactive ketones (excluding diaryl/α,β-unsaturated/α-hetero) is 1. The van der Waals surface area contributed by atoms with Crippen LogP contribution in [0, 0.1) is 34.5 Å². The van der Waals surface area contributed by atoms with Crippen molar-refractivity contribution < 1.29 is 14.7 Å². The van der Waals surface area contributed by atoms with Gasteiger partial charge in [-0.2, -0.15) is 5.26 Å². The predicted octanol–water partition coefficient (Wildman–Crippen LogP) is 1.40. The number of likely N-dealkylation sites (tertiary alicyclic amines) is 1. The smallest absolute Gasteiger partial charge is 0.291 e. The third kappa shape index (κ3) is 1.82. The molecular formula is C18H22N2O3. The first kappa shape index (κ1) is 14.0. The first-order chi connectivity index (χ1) is 10.9. The maximum absolute atomic E-state index is 13.1. The van der Waals surface area contributed by atoms with Gasteiger partial charge in [-0.1, -0.05) is 0 Å². The lowest BCUT2D eigenvalue weighted by Gasteiger charge is -2.59. The molecule has 6 rings (SSSR count). The van der Waals surface area contributed by atoms with Crippen molar-refractivity contribution in [3.63, 3.8) is 0 Å². The van der Waals surface area contributed by atoms with Crippen molar-refractivity contribution in [2.24, 2.45) is 23.2 Å². The third-order valence-electron chi connectivity index (χ3n) is 7.19. The van der Waals surface area contributed by atoms with E-state index in [2.05, 4.69) is 6.07 Å². The molecule has 7 atom stereocenters. The number of nitriles is 1. The summed E-state index contributed by atoms with van der Waals surface area (Å²) >= 11 is 0. The summed E-state index contributed by atoms with van der Waals surface area (Å²) in [5.74, 6) is 0.455. The number of nitrogens with zero attached hydrogens (tertiary/aromatic N) is 2. The van der Waals surface area contributed by atoms with E-state index < -0.39 is 23.0 Å². The van der Waals surface area contributed by atoms with Crippen LogP contribution >= 0.6 is 0 Å². The minimum Gasteiger partial charge on any atom is -0.390 e. The molecule has 5 nitrogen and oxygen atoms in total. The van der Waals surface area contributed by atoms with Crippen molar-refractivity contribution in [3.8, 4) is 6.07 Å². The second-order valence-electron chi connectivity index (χ2n) is 8.95. The molecule has 5 saturated carbocycles. The molecule has 0 aromatic heterocycles. The molecule has 122 valence electrons. The molecule has 0 spiro atoms. The summed E-state index contributed by atoms with van der Waals surface area (Å²) in [6, 6.07) is 1.89. The summed E-state index contributed by atoms with van der Waals surface area (Å²) in [6.45, 7) is 0. The van der Waals surface area contributed by atoms with Gasteiger partial charge < -0.3 is 10.0 Å². The number of carbonyl (C=O) groups excluding carboxylic acids is 2. The van der Waals surface area contributed by atoms with Crippen LogP contribution < -0.4 is 0 Å². The van der Waals surface area contributed by atoms with Crippen LogP contribution in [0.4, 0.5) is 0 Å². The molecule has 5 heteroatoms. The van der Waals surface area contributed by atoms with Gasteiger partial charge in [-0.3, -0.25) is 9.59 Å². The predicted molar refractivity (Wildman–Crippen MR) is 79.8 cm³/mol. The number of carbonyl (C=O) groups is 2. The maximum atomic E-state index is 13.1. The second kappa shape index (κ2) is 4.16. The van der Waals surface area contributed by atoms with E-state index in [1.165, 1.54) is 0 Å². The standard InChI is InChI=1S/C18H22N2O3/c19-8-13-2-12-3-14(12)20(13)16(22)15(21)17-4-10-1-11(5-17)7-18(23,6-10)9-17/h10-14,23H,1-7,9H2/t10-,11+,12-,13+,14+,17?,18?/m1/s1. The molecule has 4 bridgehead atoms. The van der Waals surface area contributed by atoms with Crippen molar-refractivity contribution in [3.05, 3.63) is 0 Å². The maximum Gasteiger partial charge on any atom is 0.291 e. The van der Waals surface area contributed by atoms with E-state index in [1.807, 2.05) is 0 Å². The Morgan fingerprint density at radius 3 is 2.39 bits per heavy atom. The van der Waals surface area contributed by atoms with E-state index in [9.17, 15) is 20.0 Å². The number of rotatable bonds is 2. The van der Waals surface area contributed by atoms with Gasteiger partial charge >= 0.3 is 0 Å². The Hall–Kier alpha value is -1.41. The summed E-state index contributed by atoms with van der Waals surface area (Å²) in [4.78, 5) is 27.6. The summed E-state index contributed by atoms with van der Waals surface area (Å²) in [6.07, 6.45) is 6.33. The van der Waals surface area contributed by atoms with Gasteiger partial charge in [0.1, 0.15) is 6.04 Å². The summed E-state index contributed by atoms with van der Waals surface area (Å²) < 4.78 is 0. The van der Waals surface area contributed by atoms with Crippen molar-refractivity contribution in [1.29, 1.82) is 5.26 Å². The number of hydrogen-bond acceptors (Lipinski definition) is 4. The van der Waals surface area contributed by atoms with Gasteiger partial charge in [-0.15, -0.1) is 0 Å². The van der Waals surface area contributed by atoms with Gasteiger partial charge in [0.2, 0.25) is 5.78 Å². The summed E-state index contributed by atoms with van der Waals surface area (Å²) in [7, 11) is 0. The van der Waals surface area contributed by atoms with Crippen molar-refractivity contribution >= 4 is 11.7 Å². The molecule has 1 amide bonds. The second-order valence-corrected chi connectivity index (χ2v) is 8.95. The average molecular weight is 314 g/mol. The molecule has 1 N–H and O–H groups in total. The van der Waals surface area contributed by atoms with Gasteiger partial charge in [-0.05, 0) is 69.1 Å². The Labute approximate surface area is 135 Å². The molecule has 6 aliphatic rings. The lowest BCUT2D eigenvalue weighted by molar-refractivity contribution is -0.181. The first-order valence-corrected chi connectivity index (χ1v) is 8.92. The highest BCUT2D eigenvalue weighted by atomic mass is 16.3. The molecule has 0 aromatic carbocycles. The van der Waals surface area contributed by atoms with Gasteiger partial charge in [0, 0.05) is 11.5 Å². The average Bonchev–Trinajstić information content (AvgIpc) is 3.14. The molecule has 1 heterocycles. The molecule has 5 aliphatic carbocycles. The van der Waals surface area contributed by atoms with Crippen LogP contribution in [0.15, 0.2) is 0 Å². The van der Waals surface area contributed by atoms with E-state index in [0.29, 0.717) is 24.2 Å². The van der Waals surface area contributed by atoms with Gasteiger partial charge in [0.15, 0.2) is 0 Å². The first-order valence-electron chi connectivity index (χ1n) is 8.92. The van der Waals surface area contributed by atoms with E-state index in [-0.39, 0.29) is 11.8 Å². The van der Waals surface area contributed by atoms with Crippen molar-refractivity contribution in [1.82, 2.24) is 4.90 Å². The van der Waals surface area contributed by atoms with Crippen molar-refractivity contribution in [2.75, 3.05) is 0 Å². The third-order valence-corrected chi connectivity index (χ3v) is 7.19. The largest absolute Gasteiger partial charge is 0.390 e. The van der Waals surface area contributed by atoms with Crippen LogP contribution in [0.25, 0.3) is 0 Å². The van der Waals surface area contributed by atoms with E-state index >= 15 is 0 Å². The normalized spacial score (nSPS) is 52.2. The number of ketones is 1. The number of amides is 1. The minimum absolute atomic E-state index is 0.119. The van der Waals surface area contributed by atoms with Crippen LogP contribution in [0.5, 0.6) is 0 Å². The highest BCUT2D eigenvalue weighted by Gasteiger charge is 2.63.